The van der Waals surface area contributed by atoms with Gasteiger partial charge in [-0.25, -0.2) is 4.98 Å². The predicted octanol–water partition coefficient (Wildman–Crippen LogP) is 3.72. The van der Waals surface area contributed by atoms with Crippen molar-refractivity contribution in [3.63, 3.8) is 0 Å². The van der Waals surface area contributed by atoms with Crippen LogP contribution in [0.2, 0.25) is 0 Å². The molecule has 4 rings (SSSR count). The first-order valence-corrected chi connectivity index (χ1v) is 8.45. The van der Waals surface area contributed by atoms with Crippen LogP contribution in [0.4, 0.5) is 5.82 Å². The molecule has 0 radical (unpaired) electrons. The van der Waals surface area contributed by atoms with Gasteiger partial charge in [0.15, 0.2) is 0 Å². The number of hydrogen-bond donors (Lipinski definition) is 1. The molecule has 1 aromatic carbocycles. The summed E-state index contributed by atoms with van der Waals surface area (Å²) >= 11 is 5.86. The largest absolute Gasteiger partial charge is 0.310 e. The number of nitrogens with zero attached hydrogens (tertiary/aromatic N) is 2. The number of rotatable bonds is 3. The van der Waals surface area contributed by atoms with Gasteiger partial charge in [-0.1, -0.05) is 12.1 Å². The van der Waals surface area contributed by atoms with Crippen molar-refractivity contribution in [1.82, 2.24) is 9.97 Å². The van der Waals surface area contributed by atoms with E-state index in [-0.39, 0.29) is 11.8 Å². The Morgan fingerprint density at radius 3 is 2.75 bits per heavy atom. The van der Waals surface area contributed by atoms with E-state index >= 15 is 0 Å². The number of carbonyl (C=O) groups excluding carboxylic acids is 1. The highest BCUT2D eigenvalue weighted by atomic mass is 35.5. The van der Waals surface area contributed by atoms with Crippen molar-refractivity contribution in [1.29, 1.82) is 0 Å². The summed E-state index contributed by atoms with van der Waals surface area (Å²) < 4.78 is 0. The van der Waals surface area contributed by atoms with Crippen LogP contribution in [0, 0.1) is 5.92 Å². The lowest BCUT2D eigenvalue weighted by Gasteiger charge is -2.09. The monoisotopic (exact) mass is 337 g/mol. The number of halogens is 1. The Bertz CT molecular complexity index is 911. The van der Waals surface area contributed by atoms with Crippen molar-refractivity contribution in [2.45, 2.75) is 18.7 Å². The van der Waals surface area contributed by atoms with E-state index in [4.69, 9.17) is 11.6 Å². The normalized spacial score (nSPS) is 16.1. The highest BCUT2D eigenvalue weighted by molar-refractivity contribution is 6.17. The molecule has 24 heavy (non-hydrogen) atoms. The predicted molar refractivity (Wildman–Crippen MR) is 95.1 cm³/mol. The van der Waals surface area contributed by atoms with Gasteiger partial charge in [0.1, 0.15) is 5.82 Å². The number of carbonyl (C=O) groups is 1. The van der Waals surface area contributed by atoms with E-state index in [1.54, 1.807) is 12.3 Å². The number of benzene rings is 1. The van der Waals surface area contributed by atoms with Gasteiger partial charge in [-0.15, -0.1) is 11.6 Å². The highest BCUT2D eigenvalue weighted by Gasteiger charge is 2.28. The summed E-state index contributed by atoms with van der Waals surface area (Å²) in [4.78, 5) is 21.2. The first kappa shape index (κ1) is 15.1. The average Bonchev–Trinajstić information content (AvgIpc) is 3.03. The molecule has 0 unspecified atom stereocenters. The zero-order valence-electron chi connectivity index (χ0n) is 13.0. The molecule has 1 N–H and O–H groups in total. The first-order valence-electron chi connectivity index (χ1n) is 7.92. The maximum Gasteiger partial charge on any atom is 0.229 e. The Kier molecular flexibility index (Phi) is 3.90. The minimum Gasteiger partial charge on any atom is -0.310 e. The van der Waals surface area contributed by atoms with Gasteiger partial charge in [-0.05, 0) is 54.3 Å². The quantitative estimate of drug-likeness (QED) is 0.741. The number of pyridine rings is 2. The summed E-state index contributed by atoms with van der Waals surface area (Å²) in [5.41, 5.74) is 4.23. The minimum absolute atomic E-state index is 0.0170. The molecule has 1 amide bonds. The Morgan fingerprint density at radius 2 is 2.00 bits per heavy atom. The molecule has 0 saturated heterocycles. The molecule has 120 valence electrons. The summed E-state index contributed by atoms with van der Waals surface area (Å²) in [5, 5.41) is 3.99. The van der Waals surface area contributed by atoms with Crippen LogP contribution in [0.3, 0.4) is 0 Å². The minimum atomic E-state index is -0.0636. The van der Waals surface area contributed by atoms with Gasteiger partial charge in [0.25, 0.3) is 0 Å². The van der Waals surface area contributed by atoms with Crippen molar-refractivity contribution < 1.29 is 4.79 Å². The molecule has 1 aliphatic rings. The summed E-state index contributed by atoms with van der Waals surface area (Å²) in [5.74, 6) is 0.953. The zero-order chi connectivity index (χ0) is 16.5. The van der Waals surface area contributed by atoms with Gasteiger partial charge in [0, 0.05) is 17.5 Å². The number of fused-ring (bicyclic) bond motifs is 2. The number of alkyl halides is 1. The molecule has 0 bridgehead atoms. The van der Waals surface area contributed by atoms with E-state index < -0.39 is 0 Å². The van der Waals surface area contributed by atoms with E-state index in [0.717, 1.165) is 29.4 Å². The lowest BCUT2D eigenvalue weighted by molar-refractivity contribution is -0.119. The number of anilines is 1. The second-order valence-corrected chi connectivity index (χ2v) is 6.33. The smallest absolute Gasteiger partial charge is 0.229 e. The van der Waals surface area contributed by atoms with Crippen LogP contribution in [0.15, 0.2) is 48.7 Å². The Balaban J connectivity index is 1.57. The Labute approximate surface area is 144 Å². The molecule has 0 aliphatic heterocycles. The molecule has 2 heterocycles. The third-order valence-corrected chi connectivity index (χ3v) is 4.70. The molecule has 0 spiro atoms. The van der Waals surface area contributed by atoms with Gasteiger partial charge in [-0.3, -0.25) is 9.78 Å². The van der Waals surface area contributed by atoms with E-state index in [9.17, 15) is 4.79 Å². The molecule has 1 aliphatic carbocycles. The van der Waals surface area contributed by atoms with Crippen LogP contribution in [0.25, 0.3) is 10.9 Å². The van der Waals surface area contributed by atoms with Crippen molar-refractivity contribution in [2.24, 2.45) is 5.92 Å². The molecular formula is C19H16ClN3O. The average molecular weight is 338 g/mol. The first-order chi connectivity index (χ1) is 11.7. The van der Waals surface area contributed by atoms with E-state index in [2.05, 4.69) is 27.4 Å². The molecule has 2 aromatic heterocycles. The van der Waals surface area contributed by atoms with Crippen molar-refractivity contribution in [2.75, 3.05) is 5.32 Å². The maximum absolute atomic E-state index is 12.5. The summed E-state index contributed by atoms with van der Waals surface area (Å²) in [6.07, 6.45) is 3.16. The van der Waals surface area contributed by atoms with Crippen molar-refractivity contribution in [3.05, 3.63) is 65.5 Å². The van der Waals surface area contributed by atoms with Crippen LogP contribution in [-0.4, -0.2) is 15.9 Å². The number of hydrogen-bond acceptors (Lipinski definition) is 3. The molecule has 0 fully saturated rings. The van der Waals surface area contributed by atoms with Gasteiger partial charge in [0.05, 0.1) is 17.1 Å². The highest BCUT2D eigenvalue weighted by Crippen LogP contribution is 2.31. The topological polar surface area (TPSA) is 54.9 Å². The molecule has 3 aromatic rings. The van der Waals surface area contributed by atoms with Gasteiger partial charge >= 0.3 is 0 Å². The van der Waals surface area contributed by atoms with E-state index in [1.165, 1.54) is 11.1 Å². The molecule has 0 saturated carbocycles. The van der Waals surface area contributed by atoms with Gasteiger partial charge in [-0.2, -0.15) is 0 Å². The van der Waals surface area contributed by atoms with Crippen LogP contribution in [-0.2, 0) is 23.5 Å². The van der Waals surface area contributed by atoms with Crippen molar-refractivity contribution in [3.8, 4) is 0 Å². The molecule has 1 atom stereocenters. The van der Waals surface area contributed by atoms with Crippen LogP contribution in [0.5, 0.6) is 0 Å². The fourth-order valence-electron chi connectivity index (χ4n) is 3.21. The van der Waals surface area contributed by atoms with Gasteiger partial charge < -0.3 is 5.32 Å². The molecular weight excluding hydrogens is 322 g/mol. The Hall–Kier alpha value is -2.46. The Morgan fingerprint density at radius 1 is 1.17 bits per heavy atom. The maximum atomic E-state index is 12.5. The number of aromatic nitrogens is 2. The standard InChI is InChI=1S/C19H16ClN3O/c20-11-16-5-4-12-7-13-8-15(9-14(13)10-17(12)22-16)19(24)23-18-3-1-2-6-21-18/h1-7,10,15H,8-9,11H2,(H,21,23,24)/t15-/m0/s1. The lowest BCUT2D eigenvalue weighted by atomic mass is 10.1. The third kappa shape index (κ3) is 2.85. The van der Waals surface area contributed by atoms with E-state index in [0.29, 0.717) is 11.7 Å². The summed E-state index contributed by atoms with van der Waals surface area (Å²) in [6, 6.07) is 13.7. The fourth-order valence-corrected chi connectivity index (χ4v) is 3.36. The molecule has 5 heteroatoms. The van der Waals surface area contributed by atoms with Crippen LogP contribution < -0.4 is 5.32 Å². The second-order valence-electron chi connectivity index (χ2n) is 6.06. The second kappa shape index (κ2) is 6.21. The van der Waals surface area contributed by atoms with Crippen LogP contribution in [0.1, 0.15) is 16.8 Å². The van der Waals surface area contributed by atoms with Crippen LogP contribution >= 0.6 is 11.6 Å². The van der Waals surface area contributed by atoms with Gasteiger partial charge in [0.2, 0.25) is 5.91 Å². The summed E-state index contributed by atoms with van der Waals surface area (Å²) in [6.45, 7) is 0. The third-order valence-electron chi connectivity index (χ3n) is 4.42. The SMILES string of the molecule is O=C(Nc1ccccn1)[C@H]1Cc2cc3ccc(CCl)nc3cc2C1. The summed E-state index contributed by atoms with van der Waals surface area (Å²) in [7, 11) is 0. The van der Waals surface area contributed by atoms with E-state index in [1.807, 2.05) is 24.3 Å². The number of nitrogens with one attached hydrogen (secondary N) is 1. The van der Waals surface area contributed by atoms with Crippen molar-refractivity contribution >= 4 is 34.2 Å². The lowest BCUT2D eigenvalue weighted by Crippen LogP contribution is -2.23. The molecule has 4 nitrogen and oxygen atoms in total. The number of amides is 1. The zero-order valence-corrected chi connectivity index (χ0v) is 13.8. The fraction of sp³-hybridized carbons (Fsp3) is 0.211.